The highest BCUT2D eigenvalue weighted by atomic mass is 32.2. The Morgan fingerprint density at radius 2 is 1.00 bits per heavy atom. The van der Waals surface area contributed by atoms with E-state index in [1.54, 1.807) is 0 Å². The fourth-order valence-electron chi connectivity index (χ4n) is 1.99. The van der Waals surface area contributed by atoms with Crippen molar-refractivity contribution in [3.63, 3.8) is 0 Å². The molecule has 0 saturated heterocycles. The molecule has 0 aliphatic heterocycles. The van der Waals surface area contributed by atoms with Crippen molar-refractivity contribution in [2.24, 2.45) is 0 Å². The molecule has 0 aliphatic carbocycles. The summed E-state index contributed by atoms with van der Waals surface area (Å²) < 4.78 is 29.5. The van der Waals surface area contributed by atoms with Gasteiger partial charge in [-0.05, 0) is 18.6 Å². The van der Waals surface area contributed by atoms with E-state index in [1.165, 1.54) is 51.4 Å². The predicted molar refractivity (Wildman–Crippen MR) is 81.1 cm³/mol. The van der Waals surface area contributed by atoms with Crippen LogP contribution in [0.1, 0.15) is 70.6 Å². The monoisotopic (exact) mass is 296 g/mol. The number of rotatable bonds is 13. The van der Waals surface area contributed by atoms with Crippen LogP contribution in [0.4, 0.5) is 0 Å². The molecular weight excluding hydrogens is 268 g/mol. The Kier molecular flexibility index (Phi) is 12.5. The van der Waals surface area contributed by atoms with E-state index in [4.69, 9.17) is 4.55 Å². The van der Waals surface area contributed by atoms with E-state index in [0.29, 0.717) is 6.42 Å². The van der Waals surface area contributed by atoms with Crippen LogP contribution in [0.3, 0.4) is 0 Å². The van der Waals surface area contributed by atoms with Crippen molar-refractivity contribution >= 4 is 22.7 Å². The summed E-state index contributed by atoms with van der Waals surface area (Å²) in [6.07, 6.45) is 12.8. The molecule has 1 N–H and O–H groups in total. The Morgan fingerprint density at radius 3 is 1.33 bits per heavy atom. The van der Waals surface area contributed by atoms with E-state index in [9.17, 15) is 8.42 Å². The average Bonchev–Trinajstić information content (AvgIpc) is 2.29. The zero-order valence-electron chi connectivity index (χ0n) is 11.3. The van der Waals surface area contributed by atoms with Crippen LogP contribution >= 0.6 is 12.6 Å². The smallest absolute Gasteiger partial charge is 0.264 e. The first-order valence-corrected chi connectivity index (χ1v) is 9.36. The lowest BCUT2D eigenvalue weighted by atomic mass is 10.1. The van der Waals surface area contributed by atoms with Crippen molar-refractivity contribution in [1.29, 1.82) is 0 Å². The lowest BCUT2D eigenvalue weighted by Crippen LogP contribution is -2.03. The normalized spacial score (nSPS) is 11.9. The van der Waals surface area contributed by atoms with Crippen LogP contribution < -0.4 is 0 Å². The van der Waals surface area contributed by atoms with Crippen LogP contribution in [0.15, 0.2) is 0 Å². The molecule has 0 aromatic carbocycles. The van der Waals surface area contributed by atoms with Gasteiger partial charge in [-0.15, -0.1) is 0 Å². The van der Waals surface area contributed by atoms with Crippen LogP contribution in [0.25, 0.3) is 0 Å². The molecule has 0 atom stereocenters. The minimum Gasteiger partial charge on any atom is -0.286 e. The van der Waals surface area contributed by atoms with Crippen molar-refractivity contribution in [3.05, 3.63) is 0 Å². The summed E-state index contributed by atoms with van der Waals surface area (Å²) in [6.45, 7) is 0. The summed E-state index contributed by atoms with van der Waals surface area (Å²) in [7, 11) is -3.74. The topological polar surface area (TPSA) is 54.4 Å². The van der Waals surface area contributed by atoms with Crippen molar-refractivity contribution in [2.45, 2.75) is 70.6 Å². The van der Waals surface area contributed by atoms with Gasteiger partial charge in [-0.25, -0.2) is 0 Å². The maximum atomic E-state index is 10.5. The molecule has 18 heavy (non-hydrogen) atoms. The van der Waals surface area contributed by atoms with Crippen LogP contribution in [0.5, 0.6) is 0 Å². The van der Waals surface area contributed by atoms with Crippen molar-refractivity contribution in [3.8, 4) is 0 Å². The predicted octanol–water partition coefficient (Wildman–Crippen LogP) is 4.10. The van der Waals surface area contributed by atoms with Gasteiger partial charge in [0.25, 0.3) is 10.1 Å². The molecule has 3 nitrogen and oxygen atoms in total. The van der Waals surface area contributed by atoms with E-state index in [0.717, 1.165) is 18.6 Å². The first kappa shape index (κ1) is 18.3. The van der Waals surface area contributed by atoms with Gasteiger partial charge in [-0.2, -0.15) is 21.0 Å². The summed E-state index contributed by atoms with van der Waals surface area (Å²) >= 11 is 4.18. The van der Waals surface area contributed by atoms with E-state index in [2.05, 4.69) is 12.6 Å². The summed E-state index contributed by atoms with van der Waals surface area (Å²) in [5, 5.41) is 0. The molecule has 110 valence electrons. The lowest BCUT2D eigenvalue weighted by Gasteiger charge is -2.02. The van der Waals surface area contributed by atoms with E-state index in [1.807, 2.05) is 0 Å². The molecule has 0 unspecified atom stereocenters. The van der Waals surface area contributed by atoms with Crippen molar-refractivity contribution in [1.82, 2.24) is 0 Å². The Bertz CT molecular complexity index is 263. The highest BCUT2D eigenvalue weighted by Crippen LogP contribution is 2.11. The van der Waals surface area contributed by atoms with Gasteiger partial charge in [-0.1, -0.05) is 57.8 Å². The van der Waals surface area contributed by atoms with Gasteiger partial charge in [0.1, 0.15) is 0 Å². The molecule has 0 rings (SSSR count). The fourth-order valence-corrected chi connectivity index (χ4v) is 2.78. The van der Waals surface area contributed by atoms with Crippen molar-refractivity contribution in [2.75, 3.05) is 11.5 Å². The largest absolute Gasteiger partial charge is 0.286 e. The highest BCUT2D eigenvalue weighted by molar-refractivity contribution is 7.85. The average molecular weight is 296 g/mol. The summed E-state index contributed by atoms with van der Waals surface area (Å²) in [6, 6.07) is 0. The third kappa shape index (κ3) is 16.3. The summed E-state index contributed by atoms with van der Waals surface area (Å²) in [5.41, 5.74) is 0. The second kappa shape index (κ2) is 12.3. The molecule has 5 heteroatoms. The molecule has 0 fully saturated rings. The van der Waals surface area contributed by atoms with E-state index >= 15 is 0 Å². The second-order valence-corrected chi connectivity index (χ2v) is 6.92. The number of hydrogen-bond donors (Lipinski definition) is 2. The second-order valence-electron chi connectivity index (χ2n) is 4.90. The van der Waals surface area contributed by atoms with Gasteiger partial charge < -0.3 is 0 Å². The molecule has 0 amide bonds. The maximum absolute atomic E-state index is 10.5. The number of thiol groups is 1. The molecule has 0 bridgehead atoms. The van der Waals surface area contributed by atoms with Crippen LogP contribution in [0.2, 0.25) is 0 Å². The molecule has 0 radical (unpaired) electrons. The number of hydrogen-bond acceptors (Lipinski definition) is 3. The Balaban J connectivity index is 3.03. The molecule has 0 heterocycles. The van der Waals surface area contributed by atoms with Crippen LogP contribution in [-0.4, -0.2) is 24.5 Å². The third-order valence-electron chi connectivity index (χ3n) is 3.06. The van der Waals surface area contributed by atoms with Gasteiger partial charge >= 0.3 is 0 Å². The van der Waals surface area contributed by atoms with Gasteiger partial charge in [0.05, 0.1) is 5.75 Å². The van der Waals surface area contributed by atoms with E-state index < -0.39 is 10.1 Å². The minimum atomic E-state index is -3.74. The van der Waals surface area contributed by atoms with Gasteiger partial charge in [0, 0.05) is 0 Å². The van der Waals surface area contributed by atoms with Crippen molar-refractivity contribution < 1.29 is 13.0 Å². The summed E-state index contributed by atoms with van der Waals surface area (Å²) in [4.78, 5) is 0. The molecule has 0 aromatic heterocycles. The zero-order chi connectivity index (χ0) is 13.7. The minimum absolute atomic E-state index is 0.0852. The molecule has 0 saturated carbocycles. The van der Waals surface area contributed by atoms with Crippen LogP contribution in [-0.2, 0) is 10.1 Å². The van der Waals surface area contributed by atoms with Gasteiger partial charge in [0.15, 0.2) is 0 Å². The quantitative estimate of drug-likeness (QED) is 0.306. The summed E-state index contributed by atoms with van der Waals surface area (Å²) in [5.74, 6) is 0.918. The van der Waals surface area contributed by atoms with E-state index in [-0.39, 0.29) is 5.75 Å². The SMILES string of the molecule is O=S(=O)(O)CCCCCCCCCCCCCS. The van der Waals surface area contributed by atoms with Gasteiger partial charge in [-0.3, -0.25) is 4.55 Å². The lowest BCUT2D eigenvalue weighted by molar-refractivity contribution is 0.478. The maximum Gasteiger partial charge on any atom is 0.264 e. The van der Waals surface area contributed by atoms with Crippen LogP contribution in [0, 0.1) is 0 Å². The first-order valence-electron chi connectivity index (χ1n) is 7.12. The standard InChI is InChI=1S/C13H28O3S2/c14-18(15,16)13-11-9-7-5-3-1-2-4-6-8-10-12-17/h17H,1-13H2,(H,14,15,16). The molecule has 0 aromatic rings. The third-order valence-corrected chi connectivity index (χ3v) is 4.18. The molecular formula is C13H28O3S2. The number of unbranched alkanes of at least 4 members (excludes halogenated alkanes) is 10. The Labute approximate surface area is 118 Å². The molecule has 0 aliphatic rings. The highest BCUT2D eigenvalue weighted by Gasteiger charge is 2.02. The first-order chi connectivity index (χ1) is 8.56. The zero-order valence-corrected chi connectivity index (χ0v) is 13.0. The fraction of sp³-hybridized carbons (Fsp3) is 1.00. The Hall–Kier alpha value is 0.260. The molecule has 0 spiro atoms. The van der Waals surface area contributed by atoms with Gasteiger partial charge in [0.2, 0.25) is 0 Å². The Morgan fingerprint density at radius 1 is 0.667 bits per heavy atom.